The van der Waals surface area contributed by atoms with Gasteiger partial charge in [-0.25, -0.2) is 15.0 Å². The van der Waals surface area contributed by atoms with Crippen molar-refractivity contribution in [3.63, 3.8) is 0 Å². The van der Waals surface area contributed by atoms with Crippen molar-refractivity contribution >= 4 is 49.4 Å². The zero-order valence-electron chi connectivity index (χ0n) is 22.1. The van der Waals surface area contributed by atoms with E-state index in [1.54, 1.807) is 17.7 Å². The summed E-state index contributed by atoms with van der Waals surface area (Å²) in [4.78, 5) is 28.1. The Morgan fingerprint density at radius 2 is 1.95 bits per heavy atom. The molecule has 0 saturated carbocycles. The molecular weight excluding hydrogens is 500 g/mol. The zero-order valence-corrected chi connectivity index (χ0v) is 23.8. The molecule has 0 radical (unpaired) electrons. The Bertz CT molecular complexity index is 1430. The average molecular weight is 535 g/mol. The van der Waals surface area contributed by atoms with E-state index in [-0.39, 0.29) is 17.6 Å². The van der Waals surface area contributed by atoms with Crippen LogP contribution >= 0.6 is 23.1 Å². The fourth-order valence-corrected chi connectivity index (χ4v) is 6.99. The summed E-state index contributed by atoms with van der Waals surface area (Å²) in [6.07, 6.45) is 4.29. The number of nitrogens with zero attached hydrogens (tertiary/aromatic N) is 3. The molecule has 4 aromatic rings. The van der Waals surface area contributed by atoms with Crippen LogP contribution in [0.4, 0.5) is 0 Å². The lowest BCUT2D eigenvalue weighted by Gasteiger charge is -2.33. The molecule has 1 aromatic carbocycles. The van der Waals surface area contributed by atoms with Crippen LogP contribution in [0.15, 0.2) is 41.7 Å². The second-order valence-electron chi connectivity index (χ2n) is 10.8. The lowest BCUT2D eigenvalue weighted by atomic mass is 9.87. The summed E-state index contributed by atoms with van der Waals surface area (Å²) in [7, 11) is 0. The molecule has 6 nitrogen and oxygen atoms in total. The van der Waals surface area contributed by atoms with Gasteiger partial charge in [-0.15, -0.1) is 11.3 Å². The number of pyridine rings is 1. The second kappa shape index (κ2) is 10.7. The van der Waals surface area contributed by atoms with Crippen molar-refractivity contribution in [3.05, 3.63) is 59.0 Å². The molecule has 0 saturated heterocycles. The van der Waals surface area contributed by atoms with Gasteiger partial charge in [0.2, 0.25) is 5.91 Å². The third-order valence-corrected chi connectivity index (χ3v) is 9.03. The van der Waals surface area contributed by atoms with Gasteiger partial charge in [-0.3, -0.25) is 4.79 Å². The van der Waals surface area contributed by atoms with Crippen LogP contribution in [0.5, 0.6) is 0 Å². The second-order valence-corrected chi connectivity index (χ2v) is 12.7. The first-order chi connectivity index (χ1) is 17.7. The van der Waals surface area contributed by atoms with Crippen LogP contribution in [0.2, 0.25) is 0 Å². The summed E-state index contributed by atoms with van der Waals surface area (Å²) >= 11 is 3.11. The largest absolute Gasteiger partial charge is 0.370 e. The van der Waals surface area contributed by atoms with Crippen molar-refractivity contribution in [1.29, 1.82) is 0 Å². The first-order valence-corrected chi connectivity index (χ1v) is 14.7. The lowest BCUT2D eigenvalue weighted by molar-refractivity contribution is -0.119. The number of thioether (sulfide) groups is 1. The zero-order chi connectivity index (χ0) is 26.2. The minimum absolute atomic E-state index is 0.0231. The van der Waals surface area contributed by atoms with Gasteiger partial charge >= 0.3 is 0 Å². The quantitative estimate of drug-likeness (QED) is 0.207. The predicted molar refractivity (Wildman–Crippen MR) is 152 cm³/mol. The van der Waals surface area contributed by atoms with E-state index >= 15 is 0 Å². The molecule has 1 aliphatic heterocycles. The van der Waals surface area contributed by atoms with Crippen LogP contribution < -0.4 is 5.32 Å². The van der Waals surface area contributed by atoms with Crippen molar-refractivity contribution in [2.75, 3.05) is 5.75 Å². The first kappa shape index (κ1) is 26.1. The maximum Gasteiger partial charge on any atom is 0.230 e. The van der Waals surface area contributed by atoms with Gasteiger partial charge in [0, 0.05) is 23.4 Å². The van der Waals surface area contributed by atoms with Gasteiger partial charge < -0.3 is 10.1 Å². The molecule has 8 heteroatoms. The number of hydrogen-bond donors (Lipinski definition) is 1. The molecule has 1 aliphatic rings. The van der Waals surface area contributed by atoms with E-state index in [1.165, 1.54) is 28.5 Å². The molecule has 37 heavy (non-hydrogen) atoms. The van der Waals surface area contributed by atoms with E-state index in [0.717, 1.165) is 50.4 Å². The van der Waals surface area contributed by atoms with Gasteiger partial charge in [-0.05, 0) is 50.7 Å². The molecule has 1 N–H and O–H groups in total. The highest BCUT2D eigenvalue weighted by molar-refractivity contribution is 8.00. The van der Waals surface area contributed by atoms with Crippen LogP contribution in [-0.2, 0) is 29.0 Å². The third kappa shape index (κ3) is 5.66. The van der Waals surface area contributed by atoms with Crippen molar-refractivity contribution < 1.29 is 9.53 Å². The van der Waals surface area contributed by atoms with Crippen LogP contribution in [0, 0.1) is 0 Å². The maximum atomic E-state index is 12.7. The van der Waals surface area contributed by atoms with Gasteiger partial charge in [-0.1, -0.05) is 55.9 Å². The summed E-state index contributed by atoms with van der Waals surface area (Å²) in [5, 5.41) is 5.10. The van der Waals surface area contributed by atoms with Crippen molar-refractivity contribution in [1.82, 2.24) is 20.3 Å². The molecule has 0 bridgehead atoms. The molecule has 4 heterocycles. The molecule has 5 rings (SSSR count). The molecular formula is C29H34N4O2S2. The van der Waals surface area contributed by atoms with E-state index in [1.807, 2.05) is 6.07 Å². The number of amides is 1. The normalized spacial score (nSPS) is 15.7. The fourth-order valence-electron chi connectivity index (χ4n) is 4.94. The number of aryl methyl sites for hydroxylation is 1. The number of aromatic nitrogens is 3. The Morgan fingerprint density at radius 3 is 2.70 bits per heavy atom. The summed E-state index contributed by atoms with van der Waals surface area (Å²) in [6, 6.07) is 10.5. The first-order valence-electron chi connectivity index (χ1n) is 12.9. The maximum absolute atomic E-state index is 12.7. The highest BCUT2D eigenvalue weighted by Gasteiger charge is 2.32. The molecule has 1 unspecified atom stereocenters. The van der Waals surface area contributed by atoms with Crippen LogP contribution in [-0.4, -0.2) is 38.3 Å². The van der Waals surface area contributed by atoms with Gasteiger partial charge in [-0.2, -0.15) is 0 Å². The van der Waals surface area contributed by atoms with Gasteiger partial charge in [0.15, 0.2) is 0 Å². The molecule has 0 spiro atoms. The van der Waals surface area contributed by atoms with Crippen molar-refractivity contribution in [2.24, 2.45) is 0 Å². The van der Waals surface area contributed by atoms with Crippen LogP contribution in [0.1, 0.15) is 69.3 Å². The number of carbonyl (C=O) groups excluding carboxylic acids is 1. The third-order valence-electron chi connectivity index (χ3n) is 6.83. The number of thiophene rings is 1. The molecule has 3 aromatic heterocycles. The summed E-state index contributed by atoms with van der Waals surface area (Å²) in [5.74, 6) is 0.648. The van der Waals surface area contributed by atoms with Gasteiger partial charge in [0.1, 0.15) is 16.2 Å². The number of ether oxygens (including phenoxy) is 1. The highest BCUT2D eigenvalue weighted by atomic mass is 32.2. The molecule has 1 amide bonds. The smallest absolute Gasteiger partial charge is 0.230 e. The number of rotatable bonds is 8. The van der Waals surface area contributed by atoms with Crippen LogP contribution in [0.25, 0.3) is 20.4 Å². The monoisotopic (exact) mass is 534 g/mol. The average Bonchev–Trinajstić information content (AvgIpc) is 3.25. The summed E-state index contributed by atoms with van der Waals surface area (Å²) in [6.45, 7) is 11.3. The topological polar surface area (TPSA) is 77.0 Å². The number of carbonyl (C=O) groups is 1. The highest BCUT2D eigenvalue weighted by Crippen LogP contribution is 2.43. The Kier molecular flexibility index (Phi) is 7.52. The molecule has 0 aliphatic carbocycles. The number of nitrogens with one attached hydrogen (secondary N) is 1. The Morgan fingerprint density at radius 1 is 1.16 bits per heavy atom. The van der Waals surface area contributed by atoms with E-state index in [9.17, 15) is 4.79 Å². The summed E-state index contributed by atoms with van der Waals surface area (Å²) in [5.41, 5.74) is 5.61. The Balaban J connectivity index is 1.36. The lowest BCUT2D eigenvalue weighted by Crippen LogP contribution is -2.34. The van der Waals surface area contributed by atoms with Gasteiger partial charge in [0.25, 0.3) is 0 Å². The predicted octanol–water partition coefficient (Wildman–Crippen LogP) is 6.44. The van der Waals surface area contributed by atoms with Gasteiger partial charge in [0.05, 0.1) is 33.9 Å². The van der Waals surface area contributed by atoms with Crippen LogP contribution in [0.3, 0.4) is 0 Å². The van der Waals surface area contributed by atoms with E-state index in [2.05, 4.69) is 69.2 Å². The minimum atomic E-state index is -0.232. The number of fused-ring (bicyclic) bond motifs is 5. The Hall–Kier alpha value is -2.55. The van der Waals surface area contributed by atoms with E-state index in [4.69, 9.17) is 14.7 Å². The molecule has 1 atom stereocenters. The van der Waals surface area contributed by atoms with E-state index in [0.29, 0.717) is 18.3 Å². The van der Waals surface area contributed by atoms with Crippen molar-refractivity contribution in [2.45, 2.75) is 83.1 Å². The van der Waals surface area contributed by atoms with E-state index < -0.39 is 0 Å². The standard InChI is InChI=1S/C29H34N4O2S2/c1-17(2)24-21-14-35-29(4,5)13-20(21)23-25-26(37-27(23)33-24)28(31-16-30-25)36-15-22(34)32-18(3)11-12-19-9-7-6-8-10-19/h6-10,16-18H,11-15H2,1-5H3,(H,32,34). The number of benzene rings is 1. The molecule has 194 valence electrons. The van der Waals surface area contributed by atoms with Crippen molar-refractivity contribution in [3.8, 4) is 0 Å². The Labute approximate surface area is 226 Å². The molecule has 0 fully saturated rings. The summed E-state index contributed by atoms with van der Waals surface area (Å²) < 4.78 is 7.17. The fraction of sp³-hybridized carbons (Fsp3) is 0.448. The minimum Gasteiger partial charge on any atom is -0.370 e. The SMILES string of the molecule is CC(CCc1ccccc1)NC(=O)CSc1ncnc2c1sc1nc(C(C)C)c3c(c12)CC(C)(C)OC3. The number of hydrogen-bond acceptors (Lipinski definition) is 7.